The predicted octanol–water partition coefficient (Wildman–Crippen LogP) is 2.80. The van der Waals surface area contributed by atoms with Crippen LogP contribution in [0.2, 0.25) is 0 Å². The fourth-order valence-electron chi connectivity index (χ4n) is 2.31. The van der Waals surface area contributed by atoms with Crippen molar-refractivity contribution in [1.29, 1.82) is 0 Å². The van der Waals surface area contributed by atoms with Gasteiger partial charge in [0, 0.05) is 26.8 Å². The van der Waals surface area contributed by atoms with Crippen molar-refractivity contribution in [1.82, 2.24) is 10.6 Å². The van der Waals surface area contributed by atoms with Crippen molar-refractivity contribution in [3.8, 4) is 0 Å². The van der Waals surface area contributed by atoms with E-state index in [0.717, 1.165) is 38.5 Å². The average Bonchev–Trinajstić information content (AvgIpc) is 2.56. The number of hydrogen-bond acceptors (Lipinski definition) is 3. The highest BCUT2D eigenvalue weighted by Gasteiger charge is 2.00. The molecule has 0 unspecified atom stereocenters. The lowest BCUT2D eigenvalue weighted by atomic mass is 10.1. The third kappa shape index (κ3) is 8.89. The van der Waals surface area contributed by atoms with E-state index >= 15 is 0 Å². The summed E-state index contributed by atoms with van der Waals surface area (Å²) >= 11 is 0. The van der Waals surface area contributed by atoms with Gasteiger partial charge in [-0.3, -0.25) is 0 Å². The maximum atomic E-state index is 5.46. The van der Waals surface area contributed by atoms with Gasteiger partial charge in [0.15, 0.2) is 5.96 Å². The molecule has 0 aliphatic heterocycles. The maximum Gasteiger partial charge on any atom is 0.191 e. The second kappa shape index (κ2) is 12.8. The molecular formula is C19H33N3O2. The number of ether oxygens (including phenoxy) is 2. The third-order valence-corrected chi connectivity index (χ3v) is 3.69. The molecule has 0 atom stereocenters. The standard InChI is InChI=1S/C19H33N3O2/c1-5-20-19(21-10-6-7-11-24-13-12-23-4)22-15-18-9-8-16(2)14-17(18)3/h8-9,14H,5-7,10-13,15H2,1-4H3,(H2,20,21,22). The number of nitrogens with one attached hydrogen (secondary N) is 2. The minimum atomic E-state index is 0.661. The van der Waals surface area contributed by atoms with Gasteiger partial charge in [0.05, 0.1) is 19.8 Å². The van der Waals surface area contributed by atoms with Gasteiger partial charge in [-0.2, -0.15) is 0 Å². The first-order chi connectivity index (χ1) is 11.7. The van der Waals surface area contributed by atoms with E-state index in [2.05, 4.69) is 54.6 Å². The zero-order valence-electron chi connectivity index (χ0n) is 15.7. The smallest absolute Gasteiger partial charge is 0.191 e. The molecule has 136 valence electrons. The van der Waals surface area contributed by atoms with Gasteiger partial charge >= 0.3 is 0 Å². The highest BCUT2D eigenvalue weighted by Crippen LogP contribution is 2.11. The second-order valence-corrected chi connectivity index (χ2v) is 5.86. The van der Waals surface area contributed by atoms with E-state index in [0.29, 0.717) is 19.8 Å². The first kappa shape index (κ1) is 20.5. The number of guanidine groups is 1. The Labute approximate surface area is 146 Å². The van der Waals surface area contributed by atoms with Crippen LogP contribution in [0.1, 0.15) is 36.5 Å². The summed E-state index contributed by atoms with van der Waals surface area (Å²) in [5.41, 5.74) is 3.85. The first-order valence-electron chi connectivity index (χ1n) is 8.82. The van der Waals surface area contributed by atoms with E-state index in [9.17, 15) is 0 Å². The normalized spacial score (nSPS) is 11.6. The van der Waals surface area contributed by atoms with Crippen LogP contribution in [0.4, 0.5) is 0 Å². The Morgan fingerprint density at radius 2 is 1.92 bits per heavy atom. The molecule has 0 bridgehead atoms. The van der Waals surface area contributed by atoms with E-state index in [1.165, 1.54) is 16.7 Å². The first-order valence-corrected chi connectivity index (χ1v) is 8.82. The molecule has 0 saturated heterocycles. The number of nitrogens with zero attached hydrogens (tertiary/aromatic N) is 1. The molecule has 24 heavy (non-hydrogen) atoms. The summed E-state index contributed by atoms with van der Waals surface area (Å²) in [6, 6.07) is 6.51. The number of aliphatic imine (C=N–C) groups is 1. The summed E-state index contributed by atoms with van der Waals surface area (Å²) in [6.45, 7) is 10.9. The van der Waals surface area contributed by atoms with Gasteiger partial charge in [-0.15, -0.1) is 0 Å². The lowest BCUT2D eigenvalue weighted by Gasteiger charge is -2.12. The van der Waals surface area contributed by atoms with Crippen molar-refractivity contribution < 1.29 is 9.47 Å². The quantitative estimate of drug-likeness (QED) is 0.371. The topological polar surface area (TPSA) is 54.9 Å². The van der Waals surface area contributed by atoms with Crippen molar-refractivity contribution in [3.63, 3.8) is 0 Å². The average molecular weight is 335 g/mol. The Balaban J connectivity index is 2.32. The summed E-state index contributed by atoms with van der Waals surface area (Å²) < 4.78 is 10.4. The third-order valence-electron chi connectivity index (χ3n) is 3.69. The molecule has 0 aliphatic carbocycles. The number of methoxy groups -OCH3 is 1. The summed E-state index contributed by atoms with van der Waals surface area (Å²) in [6.07, 6.45) is 2.09. The van der Waals surface area contributed by atoms with E-state index in [1.54, 1.807) is 7.11 Å². The van der Waals surface area contributed by atoms with E-state index in [-0.39, 0.29) is 0 Å². The molecule has 0 saturated carbocycles. The highest BCUT2D eigenvalue weighted by atomic mass is 16.5. The Bertz CT molecular complexity index is 490. The summed E-state index contributed by atoms with van der Waals surface area (Å²) in [5, 5.41) is 6.68. The molecule has 1 rings (SSSR count). The summed E-state index contributed by atoms with van der Waals surface area (Å²) in [7, 11) is 1.69. The molecule has 0 aliphatic rings. The van der Waals surface area contributed by atoms with Crippen LogP contribution in [0.5, 0.6) is 0 Å². The zero-order valence-corrected chi connectivity index (χ0v) is 15.7. The Morgan fingerprint density at radius 1 is 1.08 bits per heavy atom. The molecule has 5 heteroatoms. The Kier molecular flexibility index (Phi) is 10.9. The maximum absolute atomic E-state index is 5.46. The van der Waals surface area contributed by atoms with Crippen LogP contribution >= 0.6 is 0 Å². The molecule has 0 spiro atoms. The molecule has 1 aromatic carbocycles. The van der Waals surface area contributed by atoms with Crippen molar-refractivity contribution in [2.24, 2.45) is 4.99 Å². The number of unbranched alkanes of at least 4 members (excludes halogenated alkanes) is 1. The number of hydrogen-bond donors (Lipinski definition) is 2. The molecule has 0 heterocycles. The van der Waals surface area contributed by atoms with Crippen LogP contribution in [0.25, 0.3) is 0 Å². The summed E-state index contributed by atoms with van der Waals surface area (Å²) in [5.74, 6) is 0.873. The van der Waals surface area contributed by atoms with Gasteiger partial charge < -0.3 is 20.1 Å². The van der Waals surface area contributed by atoms with E-state index in [1.807, 2.05) is 0 Å². The van der Waals surface area contributed by atoms with Crippen LogP contribution in [-0.4, -0.2) is 46.0 Å². The van der Waals surface area contributed by atoms with Crippen LogP contribution in [-0.2, 0) is 16.0 Å². The Morgan fingerprint density at radius 3 is 2.62 bits per heavy atom. The molecule has 0 radical (unpaired) electrons. The largest absolute Gasteiger partial charge is 0.382 e. The van der Waals surface area contributed by atoms with Gasteiger partial charge in [-0.25, -0.2) is 4.99 Å². The van der Waals surface area contributed by atoms with Gasteiger partial charge in [0.1, 0.15) is 0 Å². The van der Waals surface area contributed by atoms with Crippen LogP contribution in [0.15, 0.2) is 23.2 Å². The minimum absolute atomic E-state index is 0.661. The SMILES string of the molecule is CCNC(=NCc1ccc(C)cc1C)NCCCCOCCOC. The number of benzene rings is 1. The fraction of sp³-hybridized carbons (Fsp3) is 0.632. The number of aryl methyl sites for hydroxylation is 2. The second-order valence-electron chi connectivity index (χ2n) is 5.86. The lowest BCUT2D eigenvalue weighted by Crippen LogP contribution is -2.37. The minimum Gasteiger partial charge on any atom is -0.382 e. The highest BCUT2D eigenvalue weighted by molar-refractivity contribution is 5.79. The van der Waals surface area contributed by atoms with Gasteiger partial charge in [-0.05, 0) is 44.7 Å². The van der Waals surface area contributed by atoms with E-state index in [4.69, 9.17) is 9.47 Å². The molecule has 1 aromatic rings. The van der Waals surface area contributed by atoms with Gasteiger partial charge in [-0.1, -0.05) is 23.8 Å². The lowest BCUT2D eigenvalue weighted by molar-refractivity contribution is 0.0689. The van der Waals surface area contributed by atoms with Crippen molar-refractivity contribution in [3.05, 3.63) is 34.9 Å². The molecule has 2 N–H and O–H groups in total. The van der Waals surface area contributed by atoms with Crippen molar-refractivity contribution in [2.45, 2.75) is 40.2 Å². The van der Waals surface area contributed by atoms with Crippen LogP contribution in [0.3, 0.4) is 0 Å². The van der Waals surface area contributed by atoms with Crippen LogP contribution in [0, 0.1) is 13.8 Å². The molecule has 0 aromatic heterocycles. The molecule has 0 amide bonds. The zero-order chi connectivity index (χ0) is 17.6. The van der Waals surface area contributed by atoms with Gasteiger partial charge in [0.25, 0.3) is 0 Å². The number of rotatable bonds is 11. The van der Waals surface area contributed by atoms with E-state index < -0.39 is 0 Å². The fourth-order valence-corrected chi connectivity index (χ4v) is 2.31. The Hall–Kier alpha value is -1.59. The predicted molar refractivity (Wildman–Crippen MR) is 101 cm³/mol. The van der Waals surface area contributed by atoms with Gasteiger partial charge in [0.2, 0.25) is 0 Å². The monoisotopic (exact) mass is 335 g/mol. The van der Waals surface area contributed by atoms with Crippen LogP contribution < -0.4 is 10.6 Å². The van der Waals surface area contributed by atoms with Crippen molar-refractivity contribution in [2.75, 3.05) is 40.0 Å². The summed E-state index contributed by atoms with van der Waals surface area (Å²) in [4.78, 5) is 4.68. The molecule has 0 fully saturated rings. The van der Waals surface area contributed by atoms with Crippen molar-refractivity contribution >= 4 is 5.96 Å². The molecular weight excluding hydrogens is 302 g/mol. The molecule has 5 nitrogen and oxygen atoms in total.